The van der Waals surface area contributed by atoms with Crippen LogP contribution in [-0.4, -0.2) is 129 Å². The zero-order valence-corrected chi connectivity index (χ0v) is 29.1. The number of ether oxygens (including phenoxy) is 2. The predicted molar refractivity (Wildman–Crippen MR) is 165 cm³/mol. The fourth-order valence-corrected chi connectivity index (χ4v) is 9.59. The van der Waals surface area contributed by atoms with Gasteiger partial charge in [-0.15, -0.1) is 0 Å². The first-order valence-electron chi connectivity index (χ1n) is 14.1. The largest absolute Gasteiger partial charge is 0.490 e. The Balaban J connectivity index is 0.989. The second kappa shape index (κ2) is 14.8. The van der Waals surface area contributed by atoms with Gasteiger partial charge in [0.2, 0.25) is 0 Å². The third-order valence-corrected chi connectivity index (χ3v) is 12.9. The Morgan fingerprint density at radius 1 is 0.692 bits per heavy atom. The molecule has 2 fully saturated rings. The minimum atomic E-state index is -6.03. The number of hydrogen-bond donors (Lipinski definition) is 10. The Morgan fingerprint density at radius 2 is 1.15 bits per heavy atom. The van der Waals surface area contributed by atoms with E-state index in [1.807, 2.05) is 0 Å². The van der Waals surface area contributed by atoms with Gasteiger partial charge in [-0.25, -0.2) is 47.9 Å². The van der Waals surface area contributed by atoms with Crippen LogP contribution in [0.15, 0.2) is 25.3 Å². The van der Waals surface area contributed by atoms with Crippen molar-refractivity contribution < 1.29 is 85.1 Å². The maximum atomic E-state index is 12.4. The molecule has 0 bridgehead atoms. The number of anilines is 2. The summed E-state index contributed by atoms with van der Waals surface area (Å²) in [5.41, 5.74) is 12.0. The number of aromatic nitrogens is 8. The molecule has 0 radical (unpaired) electrons. The van der Waals surface area contributed by atoms with E-state index in [1.165, 1.54) is 21.8 Å². The molecule has 6 rings (SSSR count). The molecule has 2 aliphatic rings. The average molecular weight is 820 g/mol. The van der Waals surface area contributed by atoms with E-state index in [2.05, 4.69) is 47.4 Å². The number of hydrogen-bond acceptors (Lipinski definition) is 23. The lowest BCUT2D eigenvalue weighted by Gasteiger charge is -2.21. The van der Waals surface area contributed by atoms with Gasteiger partial charge in [-0.2, -0.15) is 8.62 Å². The monoisotopic (exact) mass is 820 g/mol. The highest BCUT2D eigenvalue weighted by molar-refractivity contribution is 7.69. The topological polar surface area (TPSA) is 417 Å². The molecule has 286 valence electrons. The molecular weight excluding hydrogens is 792 g/mol. The van der Waals surface area contributed by atoms with Crippen molar-refractivity contribution in [1.82, 2.24) is 39.0 Å². The first-order chi connectivity index (χ1) is 24.4. The number of imidazole rings is 2. The van der Waals surface area contributed by atoms with Gasteiger partial charge in [0.25, 0.3) is 0 Å². The molecular formula is C20H28N10O18P4. The van der Waals surface area contributed by atoms with Crippen LogP contribution < -0.4 is 11.5 Å². The van der Waals surface area contributed by atoms with E-state index < -0.39 is 94.4 Å². The first kappa shape index (κ1) is 38.9. The summed E-state index contributed by atoms with van der Waals surface area (Å²) in [4.78, 5) is 63.3. The molecule has 4 aromatic heterocycles. The molecule has 0 amide bonds. The summed E-state index contributed by atoms with van der Waals surface area (Å²) in [6, 6.07) is 0. The number of fused-ring (bicyclic) bond motifs is 2. The van der Waals surface area contributed by atoms with E-state index in [-0.39, 0.29) is 34.0 Å². The summed E-state index contributed by atoms with van der Waals surface area (Å²) in [5, 5.41) is 41.8. The van der Waals surface area contributed by atoms with Crippen molar-refractivity contribution in [2.24, 2.45) is 0 Å². The van der Waals surface area contributed by atoms with Crippen LogP contribution in [0.3, 0.4) is 0 Å². The van der Waals surface area contributed by atoms with Crippen molar-refractivity contribution in [2.45, 2.75) is 49.1 Å². The molecule has 0 spiro atoms. The van der Waals surface area contributed by atoms with Gasteiger partial charge in [-0.3, -0.25) is 13.7 Å². The summed E-state index contributed by atoms with van der Waals surface area (Å²) in [6.45, 7) is -1.85. The SMILES string of the molecule is Nc1ncnc2c1ncn2[C@@H]1O[C@H](CO[P@](O)OP(=O)(O)OP(=O)(O)OP(=O)(O)OC[C@H]2O[C@@H](n3cnc4c(N)ncnc43)[C@H](O)[C@@H]2O)[C@@H](O)[C@H]1O. The molecule has 0 aliphatic carbocycles. The van der Waals surface area contributed by atoms with Crippen molar-refractivity contribution in [3.63, 3.8) is 0 Å². The highest BCUT2D eigenvalue weighted by atomic mass is 31.3. The van der Waals surface area contributed by atoms with E-state index in [9.17, 15) is 53.7 Å². The number of nitrogen functional groups attached to an aromatic ring is 2. The summed E-state index contributed by atoms with van der Waals surface area (Å²) < 4.78 is 72.1. The number of aliphatic hydroxyl groups is 4. The Kier molecular flexibility index (Phi) is 11.1. The maximum absolute atomic E-state index is 12.4. The van der Waals surface area contributed by atoms with Crippen molar-refractivity contribution in [3.8, 4) is 0 Å². The highest BCUT2D eigenvalue weighted by Crippen LogP contribution is 2.70. The van der Waals surface area contributed by atoms with Crippen LogP contribution in [-0.2, 0) is 45.1 Å². The van der Waals surface area contributed by atoms with Gasteiger partial charge in [0.05, 0.1) is 25.9 Å². The van der Waals surface area contributed by atoms with Crippen LogP contribution in [0.1, 0.15) is 12.5 Å². The van der Waals surface area contributed by atoms with E-state index >= 15 is 0 Å². The highest BCUT2D eigenvalue weighted by Gasteiger charge is 2.49. The van der Waals surface area contributed by atoms with Crippen molar-refractivity contribution in [2.75, 3.05) is 24.7 Å². The standard InChI is InChI=1S/C20H28N10O18P4/c21-15-9-17(25-3-23-15)29(5-27-9)19-13(33)11(31)7(44-19)1-42-49(35)46-51(38,39)48-52(40,41)47-50(36,37)43-2-8-12(32)14(34)20(45-8)30-6-28-10-16(22)24-4-26-18(10)30/h3-8,11-14,19-20,31-35H,1-2H2,(H,36,37)(H,38,39)(H,40,41)(H2,21,23,25)(H2,22,24,26)/t7-,8-,11-,12-,13-,14-,19-,20-,49+/m1/s1. The summed E-state index contributed by atoms with van der Waals surface area (Å²) in [6.07, 6.45) is -7.73. The number of nitrogens with two attached hydrogens (primary N) is 2. The number of rotatable bonds is 14. The molecule has 28 nitrogen and oxygen atoms in total. The zero-order valence-electron chi connectivity index (χ0n) is 25.5. The second-order valence-electron chi connectivity index (χ2n) is 10.7. The smallest absolute Gasteiger partial charge is 0.387 e. The quantitative estimate of drug-likeness (QED) is 0.0596. The number of phosphoric acid groups is 3. The Labute approximate surface area is 289 Å². The molecule has 12 N–H and O–H groups in total. The Bertz CT molecular complexity index is 2080. The molecule has 4 aromatic rings. The van der Waals surface area contributed by atoms with Crippen molar-refractivity contribution in [3.05, 3.63) is 25.3 Å². The van der Waals surface area contributed by atoms with Gasteiger partial charge in [-0.1, -0.05) is 0 Å². The molecule has 2 aliphatic heterocycles. The minimum absolute atomic E-state index is 0.00319. The molecule has 12 atom stereocenters. The number of nitrogens with zero attached hydrogens (tertiary/aromatic N) is 8. The summed E-state index contributed by atoms with van der Waals surface area (Å²) >= 11 is 0. The lowest BCUT2D eigenvalue weighted by Crippen LogP contribution is -2.33. The zero-order chi connectivity index (χ0) is 37.7. The van der Waals surface area contributed by atoms with Crippen LogP contribution in [0.4, 0.5) is 11.6 Å². The van der Waals surface area contributed by atoms with Gasteiger partial charge in [0, 0.05) is 0 Å². The van der Waals surface area contributed by atoms with Gasteiger partial charge in [0.15, 0.2) is 35.4 Å². The van der Waals surface area contributed by atoms with Crippen molar-refractivity contribution in [1.29, 1.82) is 0 Å². The normalized spacial score (nSPS) is 30.7. The summed E-state index contributed by atoms with van der Waals surface area (Å²) in [7, 11) is -21.0. The molecule has 3 unspecified atom stereocenters. The van der Waals surface area contributed by atoms with E-state index in [1.54, 1.807) is 0 Å². The Hall–Kier alpha value is -2.78. The fourth-order valence-electron chi connectivity index (χ4n) is 5.04. The van der Waals surface area contributed by atoms with Crippen molar-refractivity contribution >= 4 is 66.0 Å². The van der Waals surface area contributed by atoms with Crippen LogP contribution >= 0.6 is 32.1 Å². The molecule has 0 saturated carbocycles. The number of aliphatic hydroxyl groups excluding tert-OH is 4. The lowest BCUT2D eigenvalue weighted by molar-refractivity contribution is -0.0503. The predicted octanol–water partition coefficient (Wildman–Crippen LogP) is -2.33. The maximum Gasteiger partial charge on any atom is 0.490 e. The Morgan fingerprint density at radius 3 is 1.65 bits per heavy atom. The van der Waals surface area contributed by atoms with Crippen LogP contribution in [0.25, 0.3) is 22.3 Å². The van der Waals surface area contributed by atoms with Crippen LogP contribution in [0, 0.1) is 0 Å². The van der Waals surface area contributed by atoms with Gasteiger partial charge in [0.1, 0.15) is 60.3 Å². The van der Waals surface area contributed by atoms with E-state index in [4.69, 9.17) is 25.5 Å². The molecule has 52 heavy (non-hydrogen) atoms. The molecule has 32 heteroatoms. The third kappa shape index (κ3) is 8.15. The summed E-state index contributed by atoms with van der Waals surface area (Å²) in [5.74, 6) is 0.0304. The second-order valence-corrected chi connectivity index (χ2v) is 16.5. The minimum Gasteiger partial charge on any atom is -0.387 e. The third-order valence-electron chi connectivity index (χ3n) is 7.33. The van der Waals surface area contributed by atoms with E-state index in [0.717, 1.165) is 12.7 Å². The lowest BCUT2D eigenvalue weighted by atomic mass is 10.1. The fraction of sp³-hybridized carbons (Fsp3) is 0.500. The average Bonchev–Trinajstić information content (AvgIpc) is 3.80. The molecule has 6 heterocycles. The molecule has 0 aromatic carbocycles. The first-order valence-corrected chi connectivity index (χ1v) is 19.7. The van der Waals surface area contributed by atoms with E-state index in [0.29, 0.717) is 0 Å². The number of phosphoric ester groups is 1. The van der Waals surface area contributed by atoms with Gasteiger partial charge < -0.3 is 65.5 Å². The van der Waals surface area contributed by atoms with Gasteiger partial charge in [-0.05, 0) is 0 Å². The van der Waals surface area contributed by atoms with Crippen LogP contribution in [0.5, 0.6) is 0 Å². The van der Waals surface area contributed by atoms with Gasteiger partial charge >= 0.3 is 32.1 Å². The van der Waals surface area contributed by atoms with Crippen LogP contribution in [0.2, 0.25) is 0 Å². The molecule has 2 saturated heterocycles.